The Kier molecular flexibility index (Phi) is 3.99. The molecule has 1 rings (SSSR count). The summed E-state index contributed by atoms with van der Waals surface area (Å²) in [5.74, 6) is -0.599. The van der Waals surface area contributed by atoms with E-state index in [1.165, 1.54) is 26.0 Å². The lowest BCUT2D eigenvalue weighted by Gasteiger charge is -2.23. The minimum absolute atomic E-state index is 0.0176. The van der Waals surface area contributed by atoms with E-state index in [-0.39, 0.29) is 18.6 Å². The zero-order valence-corrected chi connectivity index (χ0v) is 9.50. The molecule has 90 valence electrons. The molecule has 1 atom stereocenters. The Balaban J connectivity index is 3.23. The highest BCUT2D eigenvalue weighted by molar-refractivity contribution is 5.35. The third-order valence-corrected chi connectivity index (χ3v) is 2.48. The first-order chi connectivity index (χ1) is 7.38. The van der Waals surface area contributed by atoms with Crippen molar-refractivity contribution in [1.29, 1.82) is 0 Å². The van der Waals surface area contributed by atoms with Gasteiger partial charge in [0, 0.05) is 18.2 Å². The number of aliphatic hydroxyl groups excluding tert-OH is 1. The fourth-order valence-electron chi connectivity index (χ4n) is 1.77. The predicted octanol–water partition coefficient (Wildman–Crippen LogP) is 2.41. The summed E-state index contributed by atoms with van der Waals surface area (Å²) in [5.41, 5.74) is 4.40. The topological polar surface area (TPSA) is 46.2 Å². The van der Waals surface area contributed by atoms with Crippen LogP contribution in [0.15, 0.2) is 18.2 Å². The first kappa shape index (κ1) is 13.1. The van der Waals surface area contributed by atoms with Crippen LogP contribution in [0.2, 0.25) is 0 Å². The van der Waals surface area contributed by atoms with Gasteiger partial charge in [-0.2, -0.15) is 0 Å². The maximum atomic E-state index is 13.9. The Morgan fingerprint density at radius 3 is 2.56 bits per heavy atom. The lowest BCUT2D eigenvalue weighted by molar-refractivity contribution is 0.209. The summed E-state index contributed by atoms with van der Waals surface area (Å²) < 4.78 is 27.5. The summed E-state index contributed by atoms with van der Waals surface area (Å²) in [4.78, 5) is 0. The van der Waals surface area contributed by atoms with Crippen molar-refractivity contribution in [2.45, 2.75) is 32.0 Å². The van der Waals surface area contributed by atoms with Crippen molar-refractivity contribution in [2.24, 2.45) is 5.73 Å². The smallest absolute Gasteiger partial charge is 0.133 e. The quantitative estimate of drug-likeness (QED) is 0.832. The lowest BCUT2D eigenvalue weighted by atomic mass is 9.89. The maximum absolute atomic E-state index is 13.9. The average molecular weight is 229 g/mol. The number of rotatable bonds is 4. The van der Waals surface area contributed by atoms with E-state index in [1.807, 2.05) is 0 Å². The summed E-state index contributed by atoms with van der Waals surface area (Å²) >= 11 is 0. The van der Waals surface area contributed by atoms with Crippen molar-refractivity contribution >= 4 is 0 Å². The Morgan fingerprint density at radius 1 is 1.44 bits per heavy atom. The van der Waals surface area contributed by atoms with Crippen LogP contribution >= 0.6 is 0 Å². The molecule has 2 nitrogen and oxygen atoms in total. The van der Waals surface area contributed by atoms with E-state index in [1.54, 1.807) is 6.07 Å². The van der Waals surface area contributed by atoms with Crippen LogP contribution in [0.5, 0.6) is 0 Å². The van der Waals surface area contributed by atoms with Crippen LogP contribution in [0.25, 0.3) is 0 Å². The summed E-state index contributed by atoms with van der Waals surface area (Å²) in [6.45, 7) is 2.48. The van der Waals surface area contributed by atoms with E-state index < -0.39 is 17.5 Å². The Morgan fingerprint density at radius 2 is 2.06 bits per heavy atom. The lowest BCUT2D eigenvalue weighted by Crippen LogP contribution is -2.21. The SMILES string of the molecule is CC(C)(F)c1c(F)cccc1C(N)CCO. The van der Waals surface area contributed by atoms with E-state index in [9.17, 15) is 8.78 Å². The molecule has 0 aliphatic carbocycles. The van der Waals surface area contributed by atoms with Gasteiger partial charge in [-0.05, 0) is 31.9 Å². The maximum Gasteiger partial charge on any atom is 0.133 e. The van der Waals surface area contributed by atoms with Gasteiger partial charge in [-0.1, -0.05) is 12.1 Å². The number of hydrogen-bond acceptors (Lipinski definition) is 2. The molecule has 0 heterocycles. The number of nitrogens with two attached hydrogens (primary N) is 1. The summed E-state index contributed by atoms with van der Waals surface area (Å²) in [7, 11) is 0. The van der Waals surface area contributed by atoms with Gasteiger partial charge < -0.3 is 10.8 Å². The molecule has 3 N–H and O–H groups in total. The molecule has 0 aliphatic rings. The second-order valence-electron chi connectivity index (χ2n) is 4.30. The molecule has 0 saturated carbocycles. The average Bonchev–Trinajstić information content (AvgIpc) is 2.15. The molecule has 1 aromatic carbocycles. The van der Waals surface area contributed by atoms with Crippen LogP contribution < -0.4 is 5.73 Å². The van der Waals surface area contributed by atoms with E-state index in [0.717, 1.165) is 0 Å². The second-order valence-corrected chi connectivity index (χ2v) is 4.30. The number of alkyl halides is 1. The van der Waals surface area contributed by atoms with Crippen LogP contribution in [0.4, 0.5) is 8.78 Å². The van der Waals surface area contributed by atoms with Crippen molar-refractivity contribution in [3.63, 3.8) is 0 Å². The van der Waals surface area contributed by atoms with Crippen LogP contribution in [0, 0.1) is 5.82 Å². The first-order valence-electron chi connectivity index (χ1n) is 5.22. The molecule has 16 heavy (non-hydrogen) atoms. The van der Waals surface area contributed by atoms with E-state index in [2.05, 4.69) is 0 Å². The highest BCUT2D eigenvalue weighted by Crippen LogP contribution is 2.33. The van der Waals surface area contributed by atoms with E-state index in [4.69, 9.17) is 10.8 Å². The molecular weight excluding hydrogens is 212 g/mol. The van der Waals surface area contributed by atoms with Crippen LogP contribution in [0.1, 0.15) is 37.4 Å². The fraction of sp³-hybridized carbons (Fsp3) is 0.500. The Labute approximate surface area is 94.1 Å². The standard InChI is InChI=1S/C12H17F2NO/c1-12(2,14)11-8(10(15)6-7-16)4-3-5-9(11)13/h3-5,10,16H,6-7,15H2,1-2H3. The van der Waals surface area contributed by atoms with Crippen molar-refractivity contribution in [3.8, 4) is 0 Å². The van der Waals surface area contributed by atoms with Gasteiger partial charge in [-0.25, -0.2) is 8.78 Å². The number of halogens is 2. The van der Waals surface area contributed by atoms with E-state index >= 15 is 0 Å². The van der Waals surface area contributed by atoms with Gasteiger partial charge in [0.25, 0.3) is 0 Å². The van der Waals surface area contributed by atoms with Gasteiger partial charge in [0.1, 0.15) is 11.5 Å². The molecule has 0 saturated heterocycles. The molecular formula is C12H17F2NO. The molecule has 0 radical (unpaired) electrons. The molecule has 0 fully saturated rings. The van der Waals surface area contributed by atoms with Crippen molar-refractivity contribution in [3.05, 3.63) is 35.1 Å². The normalized spacial score (nSPS) is 13.9. The predicted molar refractivity (Wildman–Crippen MR) is 59.2 cm³/mol. The molecule has 0 aromatic heterocycles. The monoisotopic (exact) mass is 229 g/mol. The van der Waals surface area contributed by atoms with Crippen molar-refractivity contribution < 1.29 is 13.9 Å². The van der Waals surface area contributed by atoms with Gasteiger partial charge in [-0.3, -0.25) is 0 Å². The Hall–Kier alpha value is -1.00. The number of benzene rings is 1. The fourth-order valence-corrected chi connectivity index (χ4v) is 1.77. The first-order valence-corrected chi connectivity index (χ1v) is 5.22. The highest BCUT2D eigenvalue weighted by Gasteiger charge is 2.28. The minimum atomic E-state index is -1.78. The van der Waals surface area contributed by atoms with Crippen LogP contribution in [-0.2, 0) is 5.67 Å². The van der Waals surface area contributed by atoms with Gasteiger partial charge >= 0.3 is 0 Å². The molecule has 0 aliphatic heterocycles. The summed E-state index contributed by atoms with van der Waals surface area (Å²) in [6, 6.07) is 3.76. The van der Waals surface area contributed by atoms with Crippen molar-refractivity contribution in [2.75, 3.05) is 6.61 Å². The number of hydrogen-bond donors (Lipinski definition) is 2. The molecule has 1 unspecified atom stereocenters. The van der Waals surface area contributed by atoms with Crippen LogP contribution in [0.3, 0.4) is 0 Å². The zero-order valence-electron chi connectivity index (χ0n) is 9.50. The second kappa shape index (κ2) is 4.89. The molecule has 0 amide bonds. The zero-order chi connectivity index (χ0) is 12.3. The van der Waals surface area contributed by atoms with Gasteiger partial charge in [-0.15, -0.1) is 0 Å². The van der Waals surface area contributed by atoms with Gasteiger partial charge in [0.2, 0.25) is 0 Å². The van der Waals surface area contributed by atoms with Gasteiger partial charge in [0.15, 0.2) is 0 Å². The highest BCUT2D eigenvalue weighted by atomic mass is 19.1. The largest absolute Gasteiger partial charge is 0.396 e. The molecule has 4 heteroatoms. The minimum Gasteiger partial charge on any atom is -0.396 e. The molecule has 1 aromatic rings. The van der Waals surface area contributed by atoms with E-state index in [0.29, 0.717) is 5.56 Å². The number of aliphatic hydroxyl groups is 1. The Bertz CT molecular complexity index is 361. The van der Waals surface area contributed by atoms with Crippen molar-refractivity contribution in [1.82, 2.24) is 0 Å². The molecule has 0 spiro atoms. The summed E-state index contributed by atoms with van der Waals surface area (Å²) in [6.07, 6.45) is 0.284. The van der Waals surface area contributed by atoms with Crippen LogP contribution in [-0.4, -0.2) is 11.7 Å². The summed E-state index contributed by atoms with van der Waals surface area (Å²) in [5, 5.41) is 8.79. The third kappa shape index (κ3) is 2.77. The van der Waals surface area contributed by atoms with Gasteiger partial charge in [0.05, 0.1) is 0 Å². The third-order valence-electron chi connectivity index (χ3n) is 2.48. The molecule has 0 bridgehead atoms.